The zero-order valence-electron chi connectivity index (χ0n) is 23.2. The Morgan fingerprint density at radius 1 is 0.829 bits per heavy atom. The van der Waals surface area contributed by atoms with E-state index < -0.39 is 10.0 Å². The van der Waals surface area contributed by atoms with E-state index in [1.807, 2.05) is 79.0 Å². The number of nitrogens with zero attached hydrogens (tertiary/aromatic N) is 2. The van der Waals surface area contributed by atoms with Gasteiger partial charge in [-0.1, -0.05) is 84.9 Å². The summed E-state index contributed by atoms with van der Waals surface area (Å²) in [5.41, 5.74) is 3.16. The third-order valence-corrected chi connectivity index (χ3v) is 9.23. The van der Waals surface area contributed by atoms with Crippen LogP contribution in [0.5, 0.6) is 0 Å². The van der Waals surface area contributed by atoms with Crippen LogP contribution in [0.25, 0.3) is 21.7 Å². The minimum atomic E-state index is -3.97. The number of carbonyl (C=O) groups is 1. The van der Waals surface area contributed by atoms with Crippen molar-refractivity contribution < 1.29 is 17.9 Å². The lowest BCUT2D eigenvalue weighted by atomic mass is 10.1. The van der Waals surface area contributed by atoms with Crippen LogP contribution in [0, 0.1) is 0 Å². The van der Waals surface area contributed by atoms with E-state index in [-0.39, 0.29) is 23.9 Å². The van der Waals surface area contributed by atoms with E-state index in [1.165, 1.54) is 4.31 Å². The second-order valence-corrected chi connectivity index (χ2v) is 12.0. The van der Waals surface area contributed by atoms with E-state index in [9.17, 15) is 13.2 Å². The second-order valence-electron chi connectivity index (χ2n) is 10.1. The summed E-state index contributed by atoms with van der Waals surface area (Å²) in [6, 6.07) is 30.5. The first kappa shape index (κ1) is 28.5. The quantitative estimate of drug-likeness (QED) is 0.187. The van der Waals surface area contributed by atoms with Crippen LogP contribution < -0.4 is 0 Å². The van der Waals surface area contributed by atoms with Crippen molar-refractivity contribution in [3.63, 3.8) is 0 Å². The number of ether oxygens (including phenoxy) is 1. The fourth-order valence-electron chi connectivity index (χ4n) is 5.17. The van der Waals surface area contributed by atoms with Gasteiger partial charge in [-0.05, 0) is 41.5 Å². The molecule has 1 aromatic heterocycles. The third-order valence-electron chi connectivity index (χ3n) is 7.33. The van der Waals surface area contributed by atoms with E-state index in [2.05, 4.69) is 11.1 Å². The van der Waals surface area contributed by atoms with Crippen LogP contribution in [-0.4, -0.2) is 61.9 Å². The number of hydrogen-bond donors (Lipinski definition) is 1. The van der Waals surface area contributed by atoms with Crippen molar-refractivity contribution >= 4 is 37.6 Å². The molecule has 0 saturated carbocycles. The van der Waals surface area contributed by atoms with Gasteiger partial charge in [0.1, 0.15) is 0 Å². The van der Waals surface area contributed by atoms with Gasteiger partial charge in [-0.25, -0.2) is 8.42 Å². The summed E-state index contributed by atoms with van der Waals surface area (Å²) in [5, 5.41) is 2.60. The van der Waals surface area contributed by atoms with Gasteiger partial charge < -0.3 is 14.6 Å². The van der Waals surface area contributed by atoms with Crippen LogP contribution in [0.3, 0.4) is 0 Å². The first-order valence-corrected chi connectivity index (χ1v) is 15.2. The van der Waals surface area contributed by atoms with Gasteiger partial charge in [0.15, 0.2) is 0 Å². The molecule has 0 bridgehead atoms. The Balaban J connectivity index is 1.42. The molecule has 0 unspecified atom stereocenters. The Labute approximate surface area is 241 Å². The van der Waals surface area contributed by atoms with Gasteiger partial charge in [0.05, 0.1) is 11.4 Å². The molecular weight excluding hydrogens is 534 g/mol. The average molecular weight is 570 g/mol. The minimum absolute atomic E-state index is 0.173. The van der Waals surface area contributed by atoms with Crippen LogP contribution in [0.15, 0.2) is 108 Å². The number of benzene rings is 4. The maximum absolute atomic E-state index is 14.1. The van der Waals surface area contributed by atoms with Crippen molar-refractivity contribution in [1.29, 1.82) is 0 Å². The summed E-state index contributed by atoms with van der Waals surface area (Å²) in [7, 11) is -2.39. The van der Waals surface area contributed by atoms with Gasteiger partial charge in [-0.3, -0.25) is 4.79 Å². The molecule has 0 atom stereocenters. The number of amides is 1. The number of hydrogen-bond acceptors (Lipinski definition) is 4. The van der Waals surface area contributed by atoms with Gasteiger partial charge in [-0.15, -0.1) is 0 Å². The van der Waals surface area contributed by atoms with Gasteiger partial charge >= 0.3 is 0 Å². The number of sulfonamides is 1. The average Bonchev–Trinajstić information content (AvgIpc) is 3.42. The number of methoxy groups -OCH3 is 1. The van der Waals surface area contributed by atoms with Gasteiger partial charge in [-0.2, -0.15) is 4.31 Å². The highest BCUT2D eigenvalue weighted by atomic mass is 32.2. The Kier molecular flexibility index (Phi) is 9.14. The molecule has 0 saturated heterocycles. The molecule has 7 nitrogen and oxygen atoms in total. The number of aromatic amines is 1. The van der Waals surface area contributed by atoms with E-state index >= 15 is 0 Å². The predicted molar refractivity (Wildman–Crippen MR) is 163 cm³/mol. The number of fused-ring (bicyclic) bond motifs is 2. The molecule has 0 aliphatic carbocycles. The first-order chi connectivity index (χ1) is 20.0. The Hall–Kier alpha value is -3.98. The lowest BCUT2D eigenvalue weighted by Crippen LogP contribution is -2.44. The molecule has 0 fully saturated rings. The molecule has 0 spiro atoms. The highest BCUT2D eigenvalue weighted by molar-refractivity contribution is 7.89. The van der Waals surface area contributed by atoms with Crippen molar-refractivity contribution in [2.75, 3.05) is 33.4 Å². The molecule has 8 heteroatoms. The zero-order chi connectivity index (χ0) is 28.7. The number of carbonyl (C=O) groups excluding carboxylic acids is 1. The van der Waals surface area contributed by atoms with Gasteiger partial charge in [0.25, 0.3) is 0 Å². The standard InChI is InChI=1S/C33H35N3O4S/c1-40-22-10-20-36(41(38,39)32-18-9-14-27-13-5-6-16-30(27)32)25-33(37)35(24-26-11-3-2-4-12-26)21-19-28-23-34-31-17-8-7-15-29(28)31/h2-9,11-18,23,34H,10,19-22,24-25H2,1H3. The predicted octanol–water partition coefficient (Wildman–Crippen LogP) is 5.62. The molecule has 41 heavy (non-hydrogen) atoms. The van der Waals surface area contributed by atoms with Crippen molar-refractivity contribution in [2.45, 2.75) is 24.3 Å². The van der Waals surface area contributed by atoms with Crippen molar-refractivity contribution in [1.82, 2.24) is 14.2 Å². The van der Waals surface area contributed by atoms with Crippen molar-refractivity contribution in [3.8, 4) is 0 Å². The van der Waals surface area contributed by atoms with E-state index in [1.54, 1.807) is 30.2 Å². The fourth-order valence-corrected chi connectivity index (χ4v) is 6.81. The van der Waals surface area contributed by atoms with Crippen LogP contribution in [-0.2, 0) is 32.5 Å². The number of rotatable bonds is 13. The Morgan fingerprint density at radius 3 is 2.34 bits per heavy atom. The molecule has 1 amide bonds. The third kappa shape index (κ3) is 6.68. The summed E-state index contributed by atoms with van der Waals surface area (Å²) in [4.78, 5) is 19.2. The summed E-state index contributed by atoms with van der Waals surface area (Å²) >= 11 is 0. The summed E-state index contributed by atoms with van der Waals surface area (Å²) in [5.74, 6) is -0.241. The molecule has 212 valence electrons. The number of aromatic nitrogens is 1. The highest BCUT2D eigenvalue weighted by Gasteiger charge is 2.29. The van der Waals surface area contributed by atoms with Crippen LogP contribution >= 0.6 is 0 Å². The van der Waals surface area contributed by atoms with Gasteiger partial charge in [0.2, 0.25) is 15.9 Å². The molecular formula is C33H35N3O4S. The van der Waals surface area contributed by atoms with Crippen LogP contribution in [0.2, 0.25) is 0 Å². The van der Waals surface area contributed by atoms with Crippen LogP contribution in [0.1, 0.15) is 17.5 Å². The molecule has 1 heterocycles. The SMILES string of the molecule is COCCCN(CC(=O)N(CCc1c[nH]c2ccccc12)Cc1ccccc1)S(=O)(=O)c1cccc2ccccc12. The first-order valence-electron chi connectivity index (χ1n) is 13.8. The summed E-state index contributed by atoms with van der Waals surface area (Å²) < 4.78 is 34.6. The molecule has 0 aliphatic rings. The van der Waals surface area contributed by atoms with E-state index in [4.69, 9.17) is 4.74 Å². The molecule has 0 aliphatic heterocycles. The Morgan fingerprint density at radius 2 is 1.54 bits per heavy atom. The number of H-pyrrole nitrogens is 1. The molecule has 5 rings (SSSR count). The van der Waals surface area contributed by atoms with Crippen molar-refractivity contribution in [3.05, 3.63) is 114 Å². The molecule has 0 radical (unpaired) electrons. The fraction of sp³-hybridized carbons (Fsp3) is 0.242. The molecule has 5 aromatic rings. The van der Waals surface area contributed by atoms with E-state index in [0.29, 0.717) is 37.9 Å². The summed E-state index contributed by atoms with van der Waals surface area (Å²) in [6.07, 6.45) is 3.10. The highest BCUT2D eigenvalue weighted by Crippen LogP contribution is 2.26. The van der Waals surface area contributed by atoms with Crippen molar-refractivity contribution in [2.24, 2.45) is 0 Å². The lowest BCUT2D eigenvalue weighted by Gasteiger charge is -2.28. The largest absolute Gasteiger partial charge is 0.385 e. The second kappa shape index (κ2) is 13.1. The molecule has 4 aromatic carbocycles. The van der Waals surface area contributed by atoms with Gasteiger partial charge in [0, 0.05) is 55.8 Å². The van der Waals surface area contributed by atoms with Crippen LogP contribution in [0.4, 0.5) is 0 Å². The number of nitrogens with one attached hydrogen (secondary N) is 1. The van der Waals surface area contributed by atoms with E-state index in [0.717, 1.165) is 27.4 Å². The maximum Gasteiger partial charge on any atom is 0.244 e. The molecule has 1 N–H and O–H groups in total. The monoisotopic (exact) mass is 569 g/mol. The maximum atomic E-state index is 14.1. The topological polar surface area (TPSA) is 82.7 Å². The zero-order valence-corrected chi connectivity index (χ0v) is 24.0. The Bertz CT molecular complexity index is 1710. The lowest BCUT2D eigenvalue weighted by molar-refractivity contribution is -0.132. The minimum Gasteiger partial charge on any atom is -0.385 e. The smallest absolute Gasteiger partial charge is 0.244 e. The summed E-state index contributed by atoms with van der Waals surface area (Å²) in [6.45, 7) is 1.16. The number of para-hydroxylation sites is 1. The normalized spacial score (nSPS) is 11.9.